The van der Waals surface area contributed by atoms with E-state index in [0.29, 0.717) is 26.2 Å². The number of carbonyl (C=O) groups is 2. The van der Waals surface area contributed by atoms with Gasteiger partial charge in [0.15, 0.2) is 9.84 Å². The predicted molar refractivity (Wildman–Crippen MR) is 93.9 cm³/mol. The maximum Gasteiger partial charge on any atom is 0.335 e. The highest BCUT2D eigenvalue weighted by Gasteiger charge is 2.46. The van der Waals surface area contributed by atoms with Gasteiger partial charge >= 0.3 is 11.9 Å². The van der Waals surface area contributed by atoms with Crippen LogP contribution in [-0.4, -0.2) is 83.6 Å². The van der Waals surface area contributed by atoms with E-state index in [0.717, 1.165) is 5.56 Å². The van der Waals surface area contributed by atoms with Gasteiger partial charge in [-0.3, -0.25) is 14.6 Å². The molecule has 2 atom stereocenters. The van der Waals surface area contributed by atoms with E-state index in [9.17, 15) is 18.0 Å². The zero-order valence-electron chi connectivity index (χ0n) is 14.2. The summed E-state index contributed by atoms with van der Waals surface area (Å²) in [5, 5.41) is 17.9. The molecular formula is C17H22N2O6S. The Balaban J connectivity index is 1.73. The number of aromatic carboxylic acids is 1. The molecular weight excluding hydrogens is 360 g/mol. The fourth-order valence-corrected chi connectivity index (χ4v) is 5.84. The number of piperazine rings is 1. The van der Waals surface area contributed by atoms with Crippen LogP contribution in [0.1, 0.15) is 22.3 Å². The van der Waals surface area contributed by atoms with Crippen molar-refractivity contribution in [1.82, 2.24) is 9.80 Å². The molecule has 3 rings (SSSR count). The van der Waals surface area contributed by atoms with Gasteiger partial charge in [0.05, 0.1) is 23.5 Å². The van der Waals surface area contributed by atoms with Crippen molar-refractivity contribution >= 4 is 21.8 Å². The number of carboxylic acids is 2. The first kappa shape index (κ1) is 18.8. The van der Waals surface area contributed by atoms with E-state index in [1.807, 2.05) is 4.90 Å². The van der Waals surface area contributed by atoms with Gasteiger partial charge in [-0.05, 0) is 17.7 Å². The van der Waals surface area contributed by atoms with Crippen LogP contribution in [0.2, 0.25) is 0 Å². The summed E-state index contributed by atoms with van der Waals surface area (Å²) in [6.07, 6.45) is -0.0000812. The first-order valence-corrected chi connectivity index (χ1v) is 10.3. The fourth-order valence-electron chi connectivity index (χ4n) is 3.80. The lowest BCUT2D eigenvalue weighted by Crippen LogP contribution is -2.58. The van der Waals surface area contributed by atoms with Crippen LogP contribution in [0.3, 0.4) is 0 Å². The van der Waals surface area contributed by atoms with Crippen LogP contribution in [-0.2, 0) is 21.2 Å². The molecule has 142 valence electrons. The van der Waals surface area contributed by atoms with E-state index >= 15 is 0 Å². The molecule has 9 heteroatoms. The molecule has 26 heavy (non-hydrogen) atoms. The molecule has 2 aliphatic heterocycles. The Morgan fingerprint density at radius 1 is 1.00 bits per heavy atom. The third kappa shape index (κ3) is 4.22. The number of benzene rings is 1. The van der Waals surface area contributed by atoms with Crippen molar-refractivity contribution in [2.75, 3.05) is 31.1 Å². The molecule has 0 spiro atoms. The van der Waals surface area contributed by atoms with E-state index in [-0.39, 0.29) is 35.6 Å². The van der Waals surface area contributed by atoms with Gasteiger partial charge in [-0.15, -0.1) is 0 Å². The summed E-state index contributed by atoms with van der Waals surface area (Å²) in [5.74, 6) is -1.73. The van der Waals surface area contributed by atoms with Crippen molar-refractivity contribution < 1.29 is 28.2 Å². The summed E-state index contributed by atoms with van der Waals surface area (Å²) >= 11 is 0. The van der Waals surface area contributed by atoms with Gasteiger partial charge in [0, 0.05) is 38.3 Å². The summed E-state index contributed by atoms with van der Waals surface area (Å²) in [6.45, 7) is 2.17. The monoisotopic (exact) mass is 382 g/mol. The lowest BCUT2D eigenvalue weighted by molar-refractivity contribution is -0.137. The minimum atomic E-state index is -3.15. The van der Waals surface area contributed by atoms with Crippen LogP contribution in [0.5, 0.6) is 0 Å². The average molecular weight is 382 g/mol. The molecule has 0 aliphatic carbocycles. The van der Waals surface area contributed by atoms with Crippen LogP contribution in [0.25, 0.3) is 0 Å². The number of carboxylic acid groups (broad SMARTS) is 2. The van der Waals surface area contributed by atoms with E-state index in [2.05, 4.69) is 4.90 Å². The highest BCUT2D eigenvalue weighted by Crippen LogP contribution is 2.28. The summed E-state index contributed by atoms with van der Waals surface area (Å²) in [6, 6.07) is 6.23. The molecule has 0 amide bonds. The van der Waals surface area contributed by atoms with Gasteiger partial charge in [-0.25, -0.2) is 13.2 Å². The van der Waals surface area contributed by atoms with E-state index in [1.165, 1.54) is 0 Å². The normalized spacial score (nSPS) is 25.7. The van der Waals surface area contributed by atoms with Crippen LogP contribution in [0.15, 0.2) is 24.3 Å². The Morgan fingerprint density at radius 3 is 2.15 bits per heavy atom. The zero-order valence-corrected chi connectivity index (χ0v) is 15.1. The first-order chi connectivity index (χ1) is 12.2. The maximum atomic E-state index is 12.2. The van der Waals surface area contributed by atoms with Crippen molar-refractivity contribution in [1.29, 1.82) is 0 Å². The number of hydrogen-bond acceptors (Lipinski definition) is 6. The smallest absolute Gasteiger partial charge is 0.335 e. The molecule has 2 fully saturated rings. The molecule has 2 N–H and O–H groups in total. The minimum absolute atomic E-state index is 0.0000812. The lowest BCUT2D eigenvalue weighted by Gasteiger charge is -2.43. The maximum absolute atomic E-state index is 12.2. The van der Waals surface area contributed by atoms with Crippen LogP contribution >= 0.6 is 0 Å². The molecule has 0 bridgehead atoms. The Kier molecular flexibility index (Phi) is 5.31. The number of aliphatic carboxylic acids is 1. The zero-order chi connectivity index (χ0) is 18.9. The van der Waals surface area contributed by atoms with E-state index < -0.39 is 21.8 Å². The molecule has 2 saturated heterocycles. The second-order valence-electron chi connectivity index (χ2n) is 6.86. The summed E-state index contributed by atoms with van der Waals surface area (Å²) in [7, 11) is -3.15. The van der Waals surface area contributed by atoms with Gasteiger partial charge in [0.1, 0.15) is 0 Å². The largest absolute Gasteiger partial charge is 0.481 e. The molecule has 8 nitrogen and oxygen atoms in total. The summed E-state index contributed by atoms with van der Waals surface area (Å²) < 4.78 is 24.3. The van der Waals surface area contributed by atoms with Gasteiger partial charge in [-0.1, -0.05) is 12.1 Å². The second kappa shape index (κ2) is 7.34. The number of sulfone groups is 1. The first-order valence-electron chi connectivity index (χ1n) is 8.48. The topological polar surface area (TPSA) is 115 Å². The van der Waals surface area contributed by atoms with Crippen molar-refractivity contribution in [2.24, 2.45) is 0 Å². The Labute approximate surface area is 151 Å². The lowest BCUT2D eigenvalue weighted by atomic mass is 10.0. The Morgan fingerprint density at radius 2 is 1.58 bits per heavy atom. The number of fused-ring (bicyclic) bond motifs is 1. The minimum Gasteiger partial charge on any atom is -0.481 e. The highest BCUT2D eigenvalue weighted by molar-refractivity contribution is 7.91. The second-order valence-corrected chi connectivity index (χ2v) is 9.02. The molecule has 1 aromatic rings. The summed E-state index contributed by atoms with van der Waals surface area (Å²) in [4.78, 5) is 25.9. The number of hydrogen-bond donors (Lipinski definition) is 2. The van der Waals surface area contributed by atoms with Crippen molar-refractivity contribution in [3.63, 3.8) is 0 Å². The molecule has 0 saturated carbocycles. The van der Waals surface area contributed by atoms with Gasteiger partial charge in [0.25, 0.3) is 0 Å². The molecule has 0 unspecified atom stereocenters. The van der Waals surface area contributed by atoms with Gasteiger partial charge < -0.3 is 10.2 Å². The van der Waals surface area contributed by atoms with E-state index in [4.69, 9.17) is 10.2 Å². The Hall–Kier alpha value is -1.97. The van der Waals surface area contributed by atoms with Crippen LogP contribution in [0.4, 0.5) is 0 Å². The highest BCUT2D eigenvalue weighted by atomic mass is 32.2. The van der Waals surface area contributed by atoms with Crippen LogP contribution < -0.4 is 0 Å². The SMILES string of the molecule is O=C(O)CCN1CCN(Cc2ccc(C(=O)O)cc2)[C@H]2CS(=O)(=O)C[C@H]21. The van der Waals surface area contributed by atoms with Crippen molar-refractivity contribution in [2.45, 2.75) is 25.0 Å². The van der Waals surface area contributed by atoms with Crippen molar-refractivity contribution in [3.8, 4) is 0 Å². The third-order valence-corrected chi connectivity index (χ3v) is 6.80. The number of rotatable bonds is 6. The Bertz CT molecular complexity index is 792. The number of nitrogens with zero attached hydrogens (tertiary/aromatic N) is 2. The molecule has 1 aromatic carbocycles. The molecule has 2 aliphatic rings. The average Bonchev–Trinajstić information content (AvgIpc) is 2.90. The van der Waals surface area contributed by atoms with E-state index in [1.54, 1.807) is 24.3 Å². The fraction of sp³-hybridized carbons (Fsp3) is 0.529. The molecule has 0 radical (unpaired) electrons. The standard InChI is InChI=1S/C17H22N2O6S/c20-16(21)5-6-18-7-8-19(15-11-26(24,25)10-14(15)18)9-12-1-3-13(4-2-12)17(22)23/h1-4,14-15H,5-11H2,(H,20,21)(H,22,23)/t14-,15+/m1/s1. The third-order valence-electron chi connectivity index (χ3n) is 5.11. The van der Waals surface area contributed by atoms with Crippen LogP contribution in [0, 0.1) is 0 Å². The quantitative estimate of drug-likeness (QED) is 0.714. The van der Waals surface area contributed by atoms with Crippen molar-refractivity contribution in [3.05, 3.63) is 35.4 Å². The summed E-state index contributed by atoms with van der Waals surface area (Å²) in [5.41, 5.74) is 1.14. The molecule has 0 aromatic heterocycles. The van der Waals surface area contributed by atoms with Gasteiger partial charge in [0.2, 0.25) is 0 Å². The predicted octanol–water partition coefficient (Wildman–Crippen LogP) is 0.143. The molecule has 2 heterocycles. The van der Waals surface area contributed by atoms with Gasteiger partial charge in [-0.2, -0.15) is 0 Å².